The van der Waals surface area contributed by atoms with Crippen molar-refractivity contribution in [2.45, 2.75) is 37.7 Å². The van der Waals surface area contributed by atoms with E-state index in [4.69, 9.17) is 0 Å². The summed E-state index contributed by atoms with van der Waals surface area (Å²) in [5, 5.41) is 11.4. The number of carbonyl (C=O) groups excluding carboxylic acids is 1. The van der Waals surface area contributed by atoms with Crippen LogP contribution < -0.4 is 5.32 Å². The van der Waals surface area contributed by atoms with Crippen LogP contribution in [0.15, 0.2) is 48.5 Å². The number of aliphatic carboxylic acids is 1. The fourth-order valence-corrected chi connectivity index (χ4v) is 2.77. The molecule has 0 heterocycles. The maximum Gasteiger partial charge on any atom is 0.416 e. The van der Waals surface area contributed by atoms with Crippen LogP contribution in [0.3, 0.4) is 0 Å². The van der Waals surface area contributed by atoms with Gasteiger partial charge in [0.15, 0.2) is 0 Å². The van der Waals surface area contributed by atoms with Gasteiger partial charge < -0.3 is 10.4 Å². The molecule has 0 aliphatic carbocycles. The minimum Gasteiger partial charge on any atom is -0.480 e. The Morgan fingerprint density at radius 3 is 1.87 bits per heavy atom. The summed E-state index contributed by atoms with van der Waals surface area (Å²) >= 11 is 0. The van der Waals surface area contributed by atoms with E-state index < -0.39 is 53.4 Å². The highest BCUT2D eigenvalue weighted by Gasteiger charge is 2.37. The minimum absolute atomic E-state index is 0.00147. The van der Waals surface area contributed by atoms with Crippen LogP contribution in [-0.4, -0.2) is 23.0 Å². The van der Waals surface area contributed by atoms with Gasteiger partial charge in [0, 0.05) is 0 Å². The molecule has 2 aromatic rings. The third-order valence-electron chi connectivity index (χ3n) is 4.21. The zero-order valence-corrected chi connectivity index (χ0v) is 15.3. The Kier molecular flexibility index (Phi) is 7.12. The Bertz CT molecular complexity index is 861. The molecule has 0 fully saturated rings. The molecule has 10 heteroatoms. The van der Waals surface area contributed by atoms with Gasteiger partial charge in [-0.1, -0.05) is 30.3 Å². The van der Waals surface area contributed by atoms with Gasteiger partial charge in [-0.15, -0.1) is 0 Å². The lowest BCUT2D eigenvalue weighted by molar-refractivity contribution is -0.143. The van der Waals surface area contributed by atoms with Crippen LogP contribution in [0.5, 0.6) is 0 Å². The number of alkyl halides is 6. The summed E-state index contributed by atoms with van der Waals surface area (Å²) in [4.78, 5) is 23.5. The van der Waals surface area contributed by atoms with Crippen molar-refractivity contribution in [1.82, 2.24) is 5.32 Å². The van der Waals surface area contributed by atoms with E-state index in [1.54, 1.807) is 30.3 Å². The van der Waals surface area contributed by atoms with E-state index in [2.05, 4.69) is 5.32 Å². The standard InChI is InChI=1S/C20H17F6NO3/c21-19(22,23)14-8-13(9-15(11-14)20(24,25)26)10-17(28)27-16(18(29)30)7-6-12-4-2-1-3-5-12/h1-5,8-9,11,16H,6-7,10H2,(H,27,28)(H,29,30)/t16-/m1/s1. The predicted octanol–water partition coefficient (Wildman–Crippen LogP) is 4.47. The maximum absolute atomic E-state index is 12.9. The van der Waals surface area contributed by atoms with Crippen molar-refractivity contribution in [2.24, 2.45) is 0 Å². The van der Waals surface area contributed by atoms with Gasteiger partial charge in [-0.2, -0.15) is 26.3 Å². The first-order valence-electron chi connectivity index (χ1n) is 8.70. The summed E-state index contributed by atoms with van der Waals surface area (Å²) in [6, 6.07) is 8.26. The topological polar surface area (TPSA) is 66.4 Å². The highest BCUT2D eigenvalue weighted by Crippen LogP contribution is 2.36. The van der Waals surface area contributed by atoms with Crippen molar-refractivity contribution < 1.29 is 41.0 Å². The molecule has 2 N–H and O–H groups in total. The number of amides is 1. The molecule has 0 radical (unpaired) electrons. The number of carbonyl (C=O) groups is 2. The Labute approximate surface area is 167 Å². The highest BCUT2D eigenvalue weighted by atomic mass is 19.4. The summed E-state index contributed by atoms with van der Waals surface area (Å²) in [6.07, 6.45) is -10.6. The molecular formula is C20H17F6NO3. The molecule has 0 aromatic heterocycles. The van der Waals surface area contributed by atoms with Crippen molar-refractivity contribution in [3.8, 4) is 0 Å². The number of hydrogen-bond donors (Lipinski definition) is 2. The van der Waals surface area contributed by atoms with Crippen molar-refractivity contribution >= 4 is 11.9 Å². The van der Waals surface area contributed by atoms with Gasteiger partial charge in [-0.3, -0.25) is 4.79 Å². The van der Waals surface area contributed by atoms with Crippen molar-refractivity contribution in [3.63, 3.8) is 0 Å². The van der Waals surface area contributed by atoms with Crippen LogP contribution in [-0.2, 0) is 34.8 Å². The number of nitrogens with one attached hydrogen (secondary N) is 1. The van der Waals surface area contributed by atoms with E-state index in [9.17, 15) is 41.0 Å². The largest absolute Gasteiger partial charge is 0.480 e. The molecule has 2 aromatic carbocycles. The lowest BCUT2D eigenvalue weighted by Gasteiger charge is -2.16. The van der Waals surface area contributed by atoms with Crippen molar-refractivity contribution in [3.05, 3.63) is 70.8 Å². The third kappa shape index (κ3) is 6.78. The van der Waals surface area contributed by atoms with Crippen molar-refractivity contribution in [2.75, 3.05) is 0 Å². The molecular weight excluding hydrogens is 416 g/mol. The van der Waals surface area contributed by atoms with Gasteiger partial charge in [0.1, 0.15) is 6.04 Å². The second-order valence-corrected chi connectivity index (χ2v) is 6.57. The molecule has 0 aliphatic rings. The number of carboxylic acids is 1. The molecule has 0 saturated carbocycles. The monoisotopic (exact) mass is 433 g/mol. The molecule has 1 amide bonds. The molecule has 0 unspecified atom stereocenters. The molecule has 162 valence electrons. The quantitative estimate of drug-likeness (QED) is 0.634. The number of benzene rings is 2. The zero-order valence-electron chi connectivity index (χ0n) is 15.3. The van der Waals surface area contributed by atoms with E-state index in [-0.39, 0.29) is 12.5 Å². The molecule has 4 nitrogen and oxygen atoms in total. The van der Waals surface area contributed by atoms with Crippen LogP contribution in [0.4, 0.5) is 26.3 Å². The summed E-state index contributed by atoms with van der Waals surface area (Å²) in [6.45, 7) is 0. The molecule has 2 rings (SSSR count). The van der Waals surface area contributed by atoms with Crippen LogP contribution in [0.2, 0.25) is 0 Å². The second kappa shape index (κ2) is 9.19. The van der Waals surface area contributed by atoms with Gasteiger partial charge in [-0.05, 0) is 42.2 Å². The van der Waals surface area contributed by atoms with Gasteiger partial charge in [-0.25, -0.2) is 4.79 Å². The van der Waals surface area contributed by atoms with E-state index in [1.807, 2.05) is 0 Å². The average Bonchev–Trinajstić information content (AvgIpc) is 2.64. The van der Waals surface area contributed by atoms with Crippen LogP contribution in [0, 0.1) is 0 Å². The number of rotatable bonds is 7. The number of carboxylic acid groups (broad SMARTS) is 1. The fourth-order valence-electron chi connectivity index (χ4n) is 2.77. The molecule has 0 bridgehead atoms. The first-order chi connectivity index (χ1) is 13.9. The summed E-state index contributed by atoms with van der Waals surface area (Å²) in [7, 11) is 0. The first kappa shape index (κ1) is 23.2. The van der Waals surface area contributed by atoms with E-state index in [1.165, 1.54) is 0 Å². The van der Waals surface area contributed by atoms with Gasteiger partial charge in [0.25, 0.3) is 0 Å². The second-order valence-electron chi connectivity index (χ2n) is 6.57. The molecule has 0 spiro atoms. The lowest BCUT2D eigenvalue weighted by Crippen LogP contribution is -2.41. The fraction of sp³-hybridized carbons (Fsp3) is 0.300. The number of hydrogen-bond acceptors (Lipinski definition) is 2. The van der Waals surface area contributed by atoms with E-state index >= 15 is 0 Å². The average molecular weight is 433 g/mol. The minimum atomic E-state index is -5.04. The Morgan fingerprint density at radius 2 is 1.40 bits per heavy atom. The Hall–Kier alpha value is -3.04. The highest BCUT2D eigenvalue weighted by molar-refractivity contribution is 5.84. The maximum atomic E-state index is 12.9. The Balaban J connectivity index is 2.14. The van der Waals surface area contributed by atoms with Crippen molar-refractivity contribution in [1.29, 1.82) is 0 Å². The number of halogens is 6. The predicted molar refractivity (Wildman–Crippen MR) is 94.5 cm³/mol. The SMILES string of the molecule is O=C(Cc1cc(C(F)(F)F)cc(C(F)(F)F)c1)N[C@H](CCc1ccccc1)C(=O)O. The summed E-state index contributed by atoms with van der Waals surface area (Å²) < 4.78 is 77.4. The summed E-state index contributed by atoms with van der Waals surface area (Å²) in [5.41, 5.74) is -2.80. The van der Waals surface area contributed by atoms with E-state index in [0.29, 0.717) is 18.6 Å². The summed E-state index contributed by atoms with van der Waals surface area (Å²) in [5.74, 6) is -2.36. The molecule has 0 aliphatic heterocycles. The van der Waals surface area contributed by atoms with Gasteiger partial charge >= 0.3 is 18.3 Å². The van der Waals surface area contributed by atoms with Crippen LogP contribution in [0.25, 0.3) is 0 Å². The van der Waals surface area contributed by atoms with Gasteiger partial charge in [0.2, 0.25) is 5.91 Å². The Morgan fingerprint density at radius 1 is 0.867 bits per heavy atom. The zero-order chi connectivity index (χ0) is 22.5. The van der Waals surface area contributed by atoms with E-state index in [0.717, 1.165) is 5.56 Å². The van der Waals surface area contributed by atoms with Crippen LogP contribution >= 0.6 is 0 Å². The molecule has 1 atom stereocenters. The molecule has 0 saturated heterocycles. The molecule has 30 heavy (non-hydrogen) atoms. The normalized spacial score (nSPS) is 13.0. The lowest BCUT2D eigenvalue weighted by atomic mass is 10.0. The third-order valence-corrected chi connectivity index (χ3v) is 4.21. The van der Waals surface area contributed by atoms with Gasteiger partial charge in [0.05, 0.1) is 17.5 Å². The first-order valence-corrected chi connectivity index (χ1v) is 8.70. The number of aryl methyl sites for hydroxylation is 1. The smallest absolute Gasteiger partial charge is 0.416 e. The van der Waals surface area contributed by atoms with Crippen LogP contribution in [0.1, 0.15) is 28.7 Å².